The molecule has 3 aromatic rings. The minimum absolute atomic E-state index is 0.0972. The Hall–Kier alpha value is -1.85. The maximum atomic E-state index is 12.6. The van der Waals surface area contributed by atoms with Crippen LogP contribution in [-0.4, -0.2) is 16.6 Å². The number of benzene rings is 2. The second-order valence-corrected chi connectivity index (χ2v) is 7.46. The highest BCUT2D eigenvalue weighted by molar-refractivity contribution is 7.99. The molecule has 1 aromatic heterocycles. The van der Waals surface area contributed by atoms with Crippen molar-refractivity contribution in [3.8, 4) is 0 Å². The van der Waals surface area contributed by atoms with Crippen molar-refractivity contribution in [2.24, 2.45) is 0 Å². The molecule has 0 atom stereocenters. The van der Waals surface area contributed by atoms with Crippen molar-refractivity contribution >= 4 is 44.4 Å². The summed E-state index contributed by atoms with van der Waals surface area (Å²) in [6.07, 6.45) is 1.08. The number of carbonyl (C=O) groups is 1. The molecular weight excluding hydrogens is 324 g/mol. The van der Waals surface area contributed by atoms with E-state index in [1.807, 2.05) is 36.4 Å². The van der Waals surface area contributed by atoms with E-state index >= 15 is 0 Å². The van der Waals surface area contributed by atoms with Crippen molar-refractivity contribution < 1.29 is 4.79 Å². The maximum absolute atomic E-state index is 12.6. The first kappa shape index (κ1) is 16.0. The minimum atomic E-state index is -0.0972. The summed E-state index contributed by atoms with van der Waals surface area (Å²) in [5.41, 5.74) is 2.83. The number of nitrogens with zero attached hydrogens (tertiary/aromatic N) is 1. The predicted molar refractivity (Wildman–Crippen MR) is 99.8 cm³/mol. The summed E-state index contributed by atoms with van der Waals surface area (Å²) in [5.74, 6) is 0.907. The third-order valence-electron chi connectivity index (χ3n) is 3.36. The van der Waals surface area contributed by atoms with Gasteiger partial charge in [0.15, 0.2) is 5.13 Å². The molecule has 0 spiro atoms. The van der Waals surface area contributed by atoms with Crippen LogP contribution in [0.5, 0.6) is 0 Å². The largest absolute Gasteiger partial charge is 0.298 e. The van der Waals surface area contributed by atoms with Gasteiger partial charge in [-0.2, -0.15) is 0 Å². The van der Waals surface area contributed by atoms with Gasteiger partial charge < -0.3 is 0 Å². The second kappa shape index (κ2) is 7.15. The van der Waals surface area contributed by atoms with Crippen LogP contribution >= 0.6 is 23.1 Å². The van der Waals surface area contributed by atoms with Crippen LogP contribution < -0.4 is 5.32 Å². The molecule has 0 aliphatic rings. The highest BCUT2D eigenvalue weighted by Crippen LogP contribution is 2.28. The zero-order valence-electron chi connectivity index (χ0n) is 13.1. The van der Waals surface area contributed by atoms with E-state index in [9.17, 15) is 4.79 Å². The number of thiazole rings is 1. The number of hydrogen-bond acceptors (Lipinski definition) is 4. The van der Waals surface area contributed by atoms with E-state index in [-0.39, 0.29) is 5.91 Å². The molecule has 3 nitrogen and oxygen atoms in total. The van der Waals surface area contributed by atoms with Crippen molar-refractivity contribution in [2.75, 3.05) is 11.1 Å². The monoisotopic (exact) mass is 342 g/mol. The molecule has 0 fully saturated rings. The van der Waals surface area contributed by atoms with Crippen molar-refractivity contribution in [1.82, 2.24) is 4.98 Å². The normalized spacial score (nSPS) is 10.9. The van der Waals surface area contributed by atoms with E-state index in [0.717, 1.165) is 27.3 Å². The lowest BCUT2D eigenvalue weighted by Crippen LogP contribution is -2.12. The van der Waals surface area contributed by atoms with Crippen LogP contribution in [0.4, 0.5) is 5.13 Å². The smallest absolute Gasteiger partial charge is 0.258 e. The highest BCUT2D eigenvalue weighted by atomic mass is 32.2. The van der Waals surface area contributed by atoms with Gasteiger partial charge in [0.05, 0.1) is 15.8 Å². The molecule has 1 N–H and O–H groups in total. The van der Waals surface area contributed by atoms with Gasteiger partial charge >= 0.3 is 0 Å². The summed E-state index contributed by atoms with van der Waals surface area (Å²) in [5, 5.41) is 3.58. The number of nitrogens with one attached hydrogen (secondary N) is 1. The number of thioether (sulfide) groups is 1. The van der Waals surface area contributed by atoms with Gasteiger partial charge in [-0.15, -0.1) is 11.8 Å². The number of carbonyl (C=O) groups excluding carboxylic acids is 1. The quantitative estimate of drug-likeness (QED) is 0.635. The van der Waals surface area contributed by atoms with Crippen LogP contribution in [0.1, 0.15) is 29.3 Å². The standard InChI is InChI=1S/C18H18N2OS2/c1-3-10-22-15-7-5-4-6-13(15)17(21)20-18-19-14-9-8-12(2)11-16(14)23-18/h4-9,11H,3,10H2,1-2H3,(H,19,20,21). The van der Waals surface area contributed by atoms with Crippen LogP contribution in [0.15, 0.2) is 47.4 Å². The average Bonchev–Trinajstić information content (AvgIpc) is 2.94. The topological polar surface area (TPSA) is 42.0 Å². The van der Waals surface area contributed by atoms with Crippen LogP contribution in [0.3, 0.4) is 0 Å². The second-order valence-electron chi connectivity index (χ2n) is 5.29. The Morgan fingerprint density at radius 1 is 1.26 bits per heavy atom. The zero-order valence-corrected chi connectivity index (χ0v) is 14.8. The van der Waals surface area contributed by atoms with E-state index in [4.69, 9.17) is 0 Å². The van der Waals surface area contributed by atoms with Crippen LogP contribution in [0.2, 0.25) is 0 Å². The Kier molecular flexibility index (Phi) is 4.98. The fourth-order valence-corrected chi connectivity index (χ4v) is 4.12. The first-order chi connectivity index (χ1) is 11.2. The van der Waals surface area contributed by atoms with Gasteiger partial charge in [0.25, 0.3) is 5.91 Å². The summed E-state index contributed by atoms with van der Waals surface area (Å²) < 4.78 is 1.09. The number of fused-ring (bicyclic) bond motifs is 1. The molecule has 0 bridgehead atoms. The van der Waals surface area contributed by atoms with Crippen molar-refractivity contribution in [2.45, 2.75) is 25.2 Å². The van der Waals surface area contributed by atoms with Gasteiger partial charge in [-0.3, -0.25) is 10.1 Å². The number of rotatable bonds is 5. The summed E-state index contributed by atoms with van der Waals surface area (Å²) in [4.78, 5) is 18.1. The van der Waals surface area contributed by atoms with Crippen LogP contribution in [0.25, 0.3) is 10.2 Å². The lowest BCUT2D eigenvalue weighted by Gasteiger charge is -2.07. The number of hydrogen-bond donors (Lipinski definition) is 1. The van der Waals surface area contributed by atoms with Crippen molar-refractivity contribution in [3.05, 3.63) is 53.6 Å². The first-order valence-electron chi connectivity index (χ1n) is 7.57. The van der Waals surface area contributed by atoms with Crippen molar-refractivity contribution in [1.29, 1.82) is 0 Å². The van der Waals surface area contributed by atoms with E-state index in [1.165, 1.54) is 16.9 Å². The summed E-state index contributed by atoms with van der Waals surface area (Å²) in [6, 6.07) is 13.8. The Labute approximate surface area is 144 Å². The first-order valence-corrected chi connectivity index (χ1v) is 9.38. The molecule has 0 aliphatic heterocycles. The molecular formula is C18H18N2OS2. The van der Waals surface area contributed by atoms with E-state index in [0.29, 0.717) is 10.7 Å². The lowest BCUT2D eigenvalue weighted by atomic mass is 10.2. The van der Waals surface area contributed by atoms with Gasteiger partial charge in [-0.25, -0.2) is 4.98 Å². The van der Waals surface area contributed by atoms with Gasteiger partial charge in [-0.1, -0.05) is 36.5 Å². The summed E-state index contributed by atoms with van der Waals surface area (Å²) in [6.45, 7) is 4.19. The zero-order chi connectivity index (χ0) is 16.2. The van der Waals surface area contributed by atoms with E-state index < -0.39 is 0 Å². The number of amides is 1. The molecule has 118 valence electrons. The van der Waals surface area contributed by atoms with Gasteiger partial charge in [-0.05, 0) is 48.9 Å². The molecule has 0 saturated heterocycles. The molecule has 5 heteroatoms. The minimum Gasteiger partial charge on any atom is -0.298 e. The molecule has 1 amide bonds. The SMILES string of the molecule is CCCSc1ccccc1C(=O)Nc1nc2ccc(C)cc2s1. The molecule has 0 unspecified atom stereocenters. The number of anilines is 1. The Bertz CT molecular complexity index is 842. The van der Waals surface area contributed by atoms with Gasteiger partial charge in [0.1, 0.15) is 0 Å². The Balaban J connectivity index is 1.83. The molecule has 2 aromatic carbocycles. The van der Waals surface area contributed by atoms with E-state index in [1.54, 1.807) is 11.8 Å². The van der Waals surface area contributed by atoms with E-state index in [2.05, 4.69) is 30.2 Å². The Morgan fingerprint density at radius 3 is 2.91 bits per heavy atom. The number of aryl methyl sites for hydroxylation is 1. The highest BCUT2D eigenvalue weighted by Gasteiger charge is 2.13. The van der Waals surface area contributed by atoms with Gasteiger partial charge in [0.2, 0.25) is 0 Å². The molecule has 1 heterocycles. The fraction of sp³-hybridized carbons (Fsp3) is 0.222. The van der Waals surface area contributed by atoms with Crippen molar-refractivity contribution in [3.63, 3.8) is 0 Å². The molecule has 0 saturated carbocycles. The molecule has 3 rings (SSSR count). The molecule has 23 heavy (non-hydrogen) atoms. The third kappa shape index (κ3) is 3.74. The van der Waals surface area contributed by atoms with Crippen LogP contribution in [-0.2, 0) is 0 Å². The average molecular weight is 342 g/mol. The summed E-state index contributed by atoms with van der Waals surface area (Å²) >= 11 is 3.22. The fourth-order valence-electron chi connectivity index (χ4n) is 2.24. The number of aromatic nitrogens is 1. The molecule has 0 aliphatic carbocycles. The van der Waals surface area contributed by atoms with Crippen LogP contribution in [0, 0.1) is 6.92 Å². The lowest BCUT2D eigenvalue weighted by molar-refractivity contribution is 0.102. The predicted octanol–water partition coefficient (Wildman–Crippen LogP) is 5.36. The molecule has 0 radical (unpaired) electrons. The summed E-state index contributed by atoms with van der Waals surface area (Å²) in [7, 11) is 0. The van der Waals surface area contributed by atoms with Gasteiger partial charge in [0, 0.05) is 4.90 Å². The maximum Gasteiger partial charge on any atom is 0.258 e. The third-order valence-corrected chi connectivity index (χ3v) is 5.57. The Morgan fingerprint density at radius 2 is 2.09 bits per heavy atom.